The highest BCUT2D eigenvalue weighted by Crippen LogP contribution is 2.38. The van der Waals surface area contributed by atoms with Gasteiger partial charge >= 0.3 is 11.6 Å². The second-order valence-electron chi connectivity index (χ2n) is 5.83. The Kier molecular flexibility index (Phi) is 5.16. The van der Waals surface area contributed by atoms with E-state index >= 15 is 0 Å². The van der Waals surface area contributed by atoms with Crippen LogP contribution in [0.3, 0.4) is 0 Å². The van der Waals surface area contributed by atoms with E-state index in [1.165, 1.54) is 13.4 Å². The maximum absolute atomic E-state index is 11.7. The number of nitro groups is 1. The van der Waals surface area contributed by atoms with Crippen molar-refractivity contribution in [1.29, 1.82) is 0 Å². The second kappa shape index (κ2) is 7.69. The SMILES string of the molecule is COc1ccccc1Oc1ncnc(Nc2cc(C)ccc2C)c1[N+](=O)[O-]. The number of hydrogen-bond acceptors (Lipinski definition) is 7. The molecule has 1 aromatic heterocycles. The number of aryl methyl sites for hydroxylation is 2. The van der Waals surface area contributed by atoms with Crippen molar-refractivity contribution in [2.24, 2.45) is 0 Å². The highest BCUT2D eigenvalue weighted by molar-refractivity contribution is 5.71. The zero-order valence-electron chi connectivity index (χ0n) is 15.1. The van der Waals surface area contributed by atoms with Crippen molar-refractivity contribution >= 4 is 17.2 Å². The van der Waals surface area contributed by atoms with Gasteiger partial charge < -0.3 is 14.8 Å². The average molecular weight is 366 g/mol. The standard InChI is InChI=1S/C19H18N4O4/c1-12-8-9-13(2)14(10-12)22-18-17(23(24)25)19(21-11-20-18)27-16-7-5-4-6-15(16)26-3/h4-11H,1-3H3,(H,20,21,22). The molecule has 0 amide bonds. The lowest BCUT2D eigenvalue weighted by Crippen LogP contribution is -2.04. The molecule has 3 rings (SSSR count). The van der Waals surface area contributed by atoms with Gasteiger partial charge in [0.2, 0.25) is 5.82 Å². The monoisotopic (exact) mass is 366 g/mol. The summed E-state index contributed by atoms with van der Waals surface area (Å²) in [6, 6.07) is 12.6. The van der Waals surface area contributed by atoms with Crippen molar-refractivity contribution in [1.82, 2.24) is 9.97 Å². The fraction of sp³-hybridized carbons (Fsp3) is 0.158. The van der Waals surface area contributed by atoms with Gasteiger partial charge in [-0.3, -0.25) is 10.1 Å². The molecule has 8 heteroatoms. The van der Waals surface area contributed by atoms with Gasteiger partial charge in [0.05, 0.1) is 12.0 Å². The van der Waals surface area contributed by atoms with Crippen molar-refractivity contribution in [3.63, 3.8) is 0 Å². The molecule has 0 saturated heterocycles. The Morgan fingerprint density at radius 3 is 2.52 bits per heavy atom. The van der Waals surface area contributed by atoms with E-state index in [9.17, 15) is 10.1 Å². The smallest absolute Gasteiger partial charge is 0.373 e. The van der Waals surface area contributed by atoms with Crippen LogP contribution in [0.2, 0.25) is 0 Å². The summed E-state index contributed by atoms with van der Waals surface area (Å²) in [5, 5.41) is 14.7. The molecule has 0 spiro atoms. The summed E-state index contributed by atoms with van der Waals surface area (Å²) >= 11 is 0. The molecule has 0 fully saturated rings. The number of anilines is 2. The Morgan fingerprint density at radius 2 is 1.81 bits per heavy atom. The van der Waals surface area contributed by atoms with Crippen LogP contribution in [0.15, 0.2) is 48.8 Å². The second-order valence-corrected chi connectivity index (χ2v) is 5.83. The average Bonchev–Trinajstić information content (AvgIpc) is 2.65. The number of nitrogens with zero attached hydrogens (tertiary/aromatic N) is 3. The number of methoxy groups -OCH3 is 1. The molecule has 2 aromatic carbocycles. The first-order chi connectivity index (χ1) is 13.0. The van der Waals surface area contributed by atoms with Gasteiger partial charge in [-0.05, 0) is 43.2 Å². The van der Waals surface area contributed by atoms with Crippen LogP contribution >= 0.6 is 0 Å². The molecule has 0 radical (unpaired) electrons. The first-order valence-electron chi connectivity index (χ1n) is 8.14. The van der Waals surface area contributed by atoms with Crippen molar-refractivity contribution in [2.45, 2.75) is 13.8 Å². The van der Waals surface area contributed by atoms with Crippen LogP contribution in [-0.2, 0) is 0 Å². The summed E-state index contributed by atoms with van der Waals surface area (Å²) in [6.45, 7) is 3.84. The fourth-order valence-corrected chi connectivity index (χ4v) is 2.50. The van der Waals surface area contributed by atoms with E-state index in [-0.39, 0.29) is 17.4 Å². The molecule has 0 unspecified atom stereocenters. The minimum Gasteiger partial charge on any atom is -0.493 e. The zero-order chi connectivity index (χ0) is 19.4. The lowest BCUT2D eigenvalue weighted by molar-refractivity contribution is -0.385. The third-order valence-corrected chi connectivity index (χ3v) is 3.89. The van der Waals surface area contributed by atoms with E-state index in [0.717, 1.165) is 16.8 Å². The Hall–Kier alpha value is -3.68. The van der Waals surface area contributed by atoms with Gasteiger partial charge in [0.15, 0.2) is 11.5 Å². The number of ether oxygens (including phenoxy) is 2. The molecular formula is C19H18N4O4. The topological polar surface area (TPSA) is 99.4 Å². The normalized spacial score (nSPS) is 10.3. The molecule has 27 heavy (non-hydrogen) atoms. The Labute approximate surface area is 156 Å². The van der Waals surface area contributed by atoms with Crippen LogP contribution in [0.5, 0.6) is 17.4 Å². The fourth-order valence-electron chi connectivity index (χ4n) is 2.50. The zero-order valence-corrected chi connectivity index (χ0v) is 15.1. The highest BCUT2D eigenvalue weighted by Gasteiger charge is 2.26. The van der Waals surface area contributed by atoms with E-state index in [1.807, 2.05) is 32.0 Å². The molecule has 0 aliphatic rings. The summed E-state index contributed by atoms with van der Waals surface area (Å²) in [7, 11) is 1.49. The molecule has 138 valence electrons. The largest absolute Gasteiger partial charge is 0.493 e. The van der Waals surface area contributed by atoms with Crippen LogP contribution in [0.25, 0.3) is 0 Å². The van der Waals surface area contributed by atoms with Gasteiger partial charge in [-0.25, -0.2) is 4.98 Å². The first-order valence-corrected chi connectivity index (χ1v) is 8.14. The van der Waals surface area contributed by atoms with Crippen LogP contribution in [0, 0.1) is 24.0 Å². The predicted octanol–water partition coefficient (Wildman–Crippen LogP) is 4.55. The third kappa shape index (κ3) is 3.95. The Morgan fingerprint density at radius 1 is 1.07 bits per heavy atom. The van der Waals surface area contributed by atoms with Gasteiger partial charge in [-0.1, -0.05) is 24.3 Å². The molecular weight excluding hydrogens is 348 g/mol. The Bertz CT molecular complexity index is 991. The molecule has 0 aliphatic heterocycles. The molecule has 3 aromatic rings. The van der Waals surface area contributed by atoms with Gasteiger partial charge in [0, 0.05) is 5.69 Å². The van der Waals surface area contributed by atoms with E-state index in [1.54, 1.807) is 24.3 Å². The predicted molar refractivity (Wildman–Crippen MR) is 101 cm³/mol. The summed E-state index contributed by atoms with van der Waals surface area (Å²) in [5.41, 5.74) is 2.32. The Balaban J connectivity index is 2.03. The van der Waals surface area contributed by atoms with E-state index in [4.69, 9.17) is 9.47 Å². The highest BCUT2D eigenvalue weighted by atomic mass is 16.6. The van der Waals surface area contributed by atoms with E-state index in [0.29, 0.717) is 11.5 Å². The summed E-state index contributed by atoms with van der Waals surface area (Å²) < 4.78 is 10.9. The molecule has 8 nitrogen and oxygen atoms in total. The number of para-hydroxylation sites is 2. The van der Waals surface area contributed by atoms with Gasteiger partial charge in [-0.15, -0.1) is 0 Å². The van der Waals surface area contributed by atoms with E-state index in [2.05, 4.69) is 15.3 Å². The summed E-state index contributed by atoms with van der Waals surface area (Å²) in [4.78, 5) is 19.1. The molecule has 0 atom stereocenters. The van der Waals surface area contributed by atoms with Crippen molar-refractivity contribution in [3.8, 4) is 17.4 Å². The maximum atomic E-state index is 11.7. The number of benzene rings is 2. The quantitative estimate of drug-likeness (QED) is 0.505. The lowest BCUT2D eigenvalue weighted by atomic mass is 10.1. The van der Waals surface area contributed by atoms with Crippen LogP contribution in [0.1, 0.15) is 11.1 Å². The molecule has 0 saturated carbocycles. The number of nitrogens with one attached hydrogen (secondary N) is 1. The van der Waals surface area contributed by atoms with Crippen LogP contribution < -0.4 is 14.8 Å². The third-order valence-electron chi connectivity index (χ3n) is 3.89. The van der Waals surface area contributed by atoms with Gasteiger partial charge in [0.25, 0.3) is 0 Å². The van der Waals surface area contributed by atoms with Crippen LogP contribution in [-0.4, -0.2) is 22.0 Å². The van der Waals surface area contributed by atoms with Crippen LogP contribution in [0.4, 0.5) is 17.2 Å². The maximum Gasteiger partial charge on any atom is 0.373 e. The van der Waals surface area contributed by atoms with Crippen molar-refractivity contribution in [3.05, 3.63) is 70.0 Å². The molecule has 1 heterocycles. The number of rotatable bonds is 6. The minimum absolute atomic E-state index is 0.0496. The number of hydrogen-bond donors (Lipinski definition) is 1. The van der Waals surface area contributed by atoms with Gasteiger partial charge in [-0.2, -0.15) is 4.98 Å². The van der Waals surface area contributed by atoms with Gasteiger partial charge in [0.1, 0.15) is 6.33 Å². The van der Waals surface area contributed by atoms with E-state index < -0.39 is 4.92 Å². The molecule has 1 N–H and O–H groups in total. The minimum atomic E-state index is -0.571. The molecule has 0 aliphatic carbocycles. The lowest BCUT2D eigenvalue weighted by Gasteiger charge is -2.12. The number of aromatic nitrogens is 2. The van der Waals surface area contributed by atoms with Crippen molar-refractivity contribution < 1.29 is 14.4 Å². The first kappa shape index (κ1) is 18.1. The summed E-state index contributed by atoms with van der Waals surface area (Å²) in [6.07, 6.45) is 1.21. The summed E-state index contributed by atoms with van der Waals surface area (Å²) in [5.74, 6) is 0.634. The van der Waals surface area contributed by atoms with Crippen molar-refractivity contribution in [2.75, 3.05) is 12.4 Å². The molecule has 0 bridgehead atoms.